The summed E-state index contributed by atoms with van der Waals surface area (Å²) in [5.41, 5.74) is 0. The van der Waals surface area contributed by atoms with Crippen molar-refractivity contribution in [3.8, 4) is 0 Å². The van der Waals surface area contributed by atoms with Crippen LogP contribution in [-0.2, 0) is 33.2 Å². The van der Waals surface area contributed by atoms with Crippen molar-refractivity contribution < 1.29 is 89.4 Å². The van der Waals surface area contributed by atoms with Crippen LogP contribution in [0, 0.1) is 0 Å². The summed E-state index contributed by atoms with van der Waals surface area (Å²) in [6.45, 7) is 1.82. The van der Waals surface area contributed by atoms with Gasteiger partial charge in [-0.25, -0.2) is 0 Å². The molecule has 1 amide bonds. The zero-order valence-corrected chi connectivity index (χ0v) is 67.0. The van der Waals surface area contributed by atoms with E-state index in [4.69, 9.17) is 28.4 Å². The smallest absolute Gasteiger partial charge is 0.220 e. The normalized spacial score (nSPS) is 25.7. The Balaban J connectivity index is 1.33. The highest BCUT2D eigenvalue weighted by atomic mass is 16.8. The lowest BCUT2D eigenvalue weighted by Crippen LogP contribution is -2.66. The van der Waals surface area contributed by atoms with Gasteiger partial charge in [-0.2, -0.15) is 0 Å². The van der Waals surface area contributed by atoms with Gasteiger partial charge in [-0.1, -0.05) is 386 Å². The van der Waals surface area contributed by atoms with Crippen LogP contribution in [-0.4, -0.2) is 193 Å². The molecule has 0 bridgehead atoms. The van der Waals surface area contributed by atoms with Crippen LogP contribution in [0.1, 0.15) is 399 Å². The molecule has 12 N–H and O–H groups in total. The first-order valence-corrected chi connectivity index (χ1v) is 44.4. The summed E-state index contributed by atoms with van der Waals surface area (Å²) < 4.78 is 34.5. The van der Waals surface area contributed by atoms with Gasteiger partial charge in [-0.3, -0.25) is 4.79 Å². The minimum Gasteiger partial charge on any atom is -0.394 e. The summed E-state index contributed by atoms with van der Waals surface area (Å²) in [6.07, 6.45) is 55.1. The van der Waals surface area contributed by atoms with Crippen LogP contribution < -0.4 is 5.32 Å². The lowest BCUT2D eigenvalue weighted by atomic mass is 9.96. The third kappa shape index (κ3) is 46.3. The summed E-state index contributed by atoms with van der Waals surface area (Å²) >= 11 is 0. The first-order chi connectivity index (χ1) is 51.3. The van der Waals surface area contributed by atoms with E-state index < -0.39 is 124 Å². The molecule has 17 atom stereocenters. The van der Waals surface area contributed by atoms with Crippen LogP contribution in [0.2, 0.25) is 0 Å². The van der Waals surface area contributed by atoms with E-state index in [0.29, 0.717) is 6.42 Å². The Kier molecular flexibility index (Phi) is 62.4. The highest BCUT2D eigenvalue weighted by molar-refractivity contribution is 5.76. The van der Waals surface area contributed by atoms with Gasteiger partial charge in [-0.15, -0.1) is 0 Å². The lowest BCUT2D eigenvalue weighted by Gasteiger charge is -2.48. The van der Waals surface area contributed by atoms with Crippen molar-refractivity contribution >= 4 is 5.91 Å². The summed E-state index contributed by atoms with van der Waals surface area (Å²) in [5, 5.41) is 121. The van der Waals surface area contributed by atoms with E-state index >= 15 is 0 Å². The minimum absolute atomic E-state index is 0.251. The molecule has 19 heteroatoms. The molecular weight excluding hydrogens is 1330 g/mol. The third-order valence-corrected chi connectivity index (χ3v) is 22.6. The molecule has 17 unspecified atom stereocenters. The van der Waals surface area contributed by atoms with E-state index in [2.05, 4.69) is 19.2 Å². The van der Waals surface area contributed by atoms with Crippen molar-refractivity contribution in [1.82, 2.24) is 5.32 Å². The molecule has 19 nitrogen and oxygen atoms in total. The maximum Gasteiger partial charge on any atom is 0.220 e. The largest absolute Gasteiger partial charge is 0.394 e. The molecule has 3 rings (SSSR count). The number of carbonyl (C=O) groups excluding carboxylic acids is 1. The number of rotatable bonds is 73. The topological polar surface area (TPSA) is 307 Å². The van der Waals surface area contributed by atoms with E-state index in [9.17, 15) is 61.0 Å². The predicted molar refractivity (Wildman–Crippen MR) is 420 cm³/mol. The molecule has 3 saturated heterocycles. The van der Waals surface area contributed by atoms with E-state index in [-0.39, 0.29) is 18.9 Å². The summed E-state index contributed by atoms with van der Waals surface area (Å²) in [4.78, 5) is 13.5. The fraction of sp³-hybridized carbons (Fsp3) is 0.965. The molecule has 0 spiro atoms. The molecule has 3 aliphatic heterocycles. The number of nitrogens with one attached hydrogen (secondary N) is 1. The molecule has 0 aromatic heterocycles. The maximum atomic E-state index is 13.5. The molecule has 3 aliphatic rings. The van der Waals surface area contributed by atoms with Gasteiger partial charge >= 0.3 is 0 Å². The number of ether oxygens (including phenoxy) is 6. The van der Waals surface area contributed by atoms with Gasteiger partial charge in [-0.05, 0) is 19.3 Å². The Morgan fingerprint density at radius 2 is 0.590 bits per heavy atom. The molecular formula is C86H165NO18. The van der Waals surface area contributed by atoms with Gasteiger partial charge < -0.3 is 89.9 Å². The monoisotopic (exact) mass is 1500 g/mol. The van der Waals surface area contributed by atoms with Crippen LogP contribution in [0.4, 0.5) is 0 Å². The van der Waals surface area contributed by atoms with E-state index in [1.807, 2.05) is 6.08 Å². The second kappa shape index (κ2) is 67.1. The molecule has 0 aliphatic carbocycles. The number of unbranched alkanes of at least 4 members (excludes halogenated alkanes) is 57. The highest BCUT2D eigenvalue weighted by Gasteiger charge is 2.54. The second-order valence-electron chi connectivity index (χ2n) is 32.1. The van der Waals surface area contributed by atoms with Crippen molar-refractivity contribution in [2.75, 3.05) is 26.4 Å². The number of aliphatic hydroxyl groups excluding tert-OH is 11. The van der Waals surface area contributed by atoms with E-state index in [0.717, 1.165) is 44.9 Å². The number of aliphatic hydroxyl groups is 11. The highest BCUT2D eigenvalue weighted by Crippen LogP contribution is 2.34. The maximum absolute atomic E-state index is 13.5. The Morgan fingerprint density at radius 1 is 0.333 bits per heavy atom. The third-order valence-electron chi connectivity index (χ3n) is 22.6. The molecule has 105 heavy (non-hydrogen) atoms. The van der Waals surface area contributed by atoms with Gasteiger partial charge in [0.15, 0.2) is 18.9 Å². The van der Waals surface area contributed by atoms with Crippen molar-refractivity contribution in [2.24, 2.45) is 0 Å². The molecule has 3 heterocycles. The lowest BCUT2D eigenvalue weighted by molar-refractivity contribution is -0.379. The first kappa shape index (κ1) is 97.7. The van der Waals surface area contributed by atoms with Crippen molar-refractivity contribution in [3.05, 3.63) is 12.2 Å². The minimum atomic E-state index is -1.98. The Hall–Kier alpha value is -1.47. The van der Waals surface area contributed by atoms with Crippen molar-refractivity contribution in [3.63, 3.8) is 0 Å². The van der Waals surface area contributed by atoms with Crippen LogP contribution in [0.3, 0.4) is 0 Å². The number of amides is 1. The number of hydrogen-bond acceptors (Lipinski definition) is 18. The molecule has 0 aromatic carbocycles. The fourth-order valence-corrected chi connectivity index (χ4v) is 15.5. The van der Waals surface area contributed by atoms with E-state index in [1.165, 1.54) is 327 Å². The average molecular weight is 1500 g/mol. The summed E-state index contributed by atoms with van der Waals surface area (Å²) in [6, 6.07) is -0.971. The number of allylic oxidation sites excluding steroid dienone is 1. The summed E-state index contributed by atoms with van der Waals surface area (Å²) in [5.74, 6) is -0.265. The molecule has 0 saturated carbocycles. The fourth-order valence-electron chi connectivity index (χ4n) is 15.5. The van der Waals surface area contributed by atoms with Gasteiger partial charge in [0.1, 0.15) is 73.2 Å². The average Bonchev–Trinajstić information content (AvgIpc) is 0.781. The molecule has 0 aromatic rings. The Bertz CT molecular complexity index is 1940. The Labute approximate surface area is 639 Å². The number of hydrogen-bond donors (Lipinski definition) is 12. The van der Waals surface area contributed by atoms with E-state index in [1.54, 1.807) is 6.08 Å². The van der Waals surface area contributed by atoms with Crippen molar-refractivity contribution in [1.29, 1.82) is 0 Å². The van der Waals surface area contributed by atoms with Gasteiger partial charge in [0.05, 0.1) is 38.6 Å². The zero-order chi connectivity index (χ0) is 76.0. The van der Waals surface area contributed by atoms with Crippen LogP contribution >= 0.6 is 0 Å². The molecule has 3 fully saturated rings. The molecule has 622 valence electrons. The quantitative estimate of drug-likeness (QED) is 0.0199. The van der Waals surface area contributed by atoms with Crippen LogP contribution in [0.5, 0.6) is 0 Å². The van der Waals surface area contributed by atoms with Gasteiger partial charge in [0.25, 0.3) is 0 Å². The Morgan fingerprint density at radius 3 is 0.895 bits per heavy atom. The SMILES string of the molecule is CCCCCCCCCCCCCCCCCCCCCCCCCCC/C=C/C(O)C(COC1OC(CO)C(OC2OC(CO)C(OC3OC(CO)C(O)C(O)C3O)C(O)C2O)C(O)C1O)NC(=O)CCCCCCCCCCCCCCCCCCCCCCCCCCCCCCCCCCC. The predicted octanol–water partition coefficient (Wildman–Crippen LogP) is 16.3. The standard InChI is InChI=1S/C86H165NO18/c1-3-5-7-9-11-13-15-17-19-21-23-25-27-29-31-32-33-34-35-36-38-40-42-44-46-48-50-52-54-56-58-60-62-64-74(92)87-69(70(91)63-61-59-57-55-53-51-49-47-45-43-41-39-37-30-28-26-24-22-20-18-16-14-12-10-8-6-4-2)68-100-84-80(98)77(95)82(72(66-89)102-84)105-86-81(99)78(96)83(73(67-90)103-86)104-85-79(97)76(94)75(93)71(65-88)101-85/h61,63,69-73,75-86,88-91,93-99H,3-60,62,64-68H2,1-2H3,(H,87,92)/b63-61+. The van der Waals surface area contributed by atoms with Crippen LogP contribution in [0.15, 0.2) is 12.2 Å². The zero-order valence-electron chi connectivity index (χ0n) is 67.0. The summed E-state index contributed by atoms with van der Waals surface area (Å²) in [7, 11) is 0. The van der Waals surface area contributed by atoms with Crippen molar-refractivity contribution in [2.45, 2.75) is 503 Å². The van der Waals surface area contributed by atoms with Crippen LogP contribution in [0.25, 0.3) is 0 Å². The van der Waals surface area contributed by atoms with Gasteiger partial charge in [0, 0.05) is 6.42 Å². The second-order valence-corrected chi connectivity index (χ2v) is 32.1. The first-order valence-electron chi connectivity index (χ1n) is 44.4. The molecule has 0 radical (unpaired) electrons. The van der Waals surface area contributed by atoms with Gasteiger partial charge in [0.2, 0.25) is 5.91 Å². The number of carbonyl (C=O) groups is 1.